The van der Waals surface area contributed by atoms with Gasteiger partial charge in [-0.05, 0) is 36.4 Å². The molecular formula is C13H10Cl2N2O4S. The molecule has 0 aliphatic heterocycles. The Kier molecular flexibility index (Phi) is 4.62. The van der Waals surface area contributed by atoms with Crippen LogP contribution in [0.15, 0.2) is 41.3 Å². The number of carbonyl (C=O) groups excluding carboxylic acids is 1. The quantitative estimate of drug-likeness (QED) is 0.575. The molecular weight excluding hydrogens is 351 g/mol. The number of nitrogens with two attached hydrogens (primary N) is 1. The molecule has 2 rings (SSSR count). The second-order valence-electron chi connectivity index (χ2n) is 4.31. The third kappa shape index (κ3) is 3.69. The van der Waals surface area contributed by atoms with Crippen LogP contribution in [-0.4, -0.2) is 18.9 Å². The summed E-state index contributed by atoms with van der Waals surface area (Å²) >= 11 is 11.7. The third-order valence-electron chi connectivity index (χ3n) is 2.74. The summed E-state index contributed by atoms with van der Waals surface area (Å²) in [6.45, 7) is 0. The fourth-order valence-corrected chi connectivity index (χ4v) is 2.60. The van der Waals surface area contributed by atoms with Gasteiger partial charge in [-0.2, -0.15) is 8.42 Å². The lowest BCUT2D eigenvalue weighted by Crippen LogP contribution is -2.13. The van der Waals surface area contributed by atoms with Crippen molar-refractivity contribution in [2.75, 3.05) is 11.1 Å². The zero-order valence-corrected chi connectivity index (χ0v) is 13.2. The maximum Gasteiger partial charge on any atom is 0.294 e. The molecule has 2 aromatic rings. The van der Waals surface area contributed by atoms with Gasteiger partial charge in [-0.25, -0.2) is 0 Å². The van der Waals surface area contributed by atoms with Crippen molar-refractivity contribution in [1.29, 1.82) is 0 Å². The number of amides is 1. The van der Waals surface area contributed by atoms with Crippen molar-refractivity contribution in [2.45, 2.75) is 4.90 Å². The first-order chi connectivity index (χ1) is 10.2. The molecule has 2 aromatic carbocycles. The van der Waals surface area contributed by atoms with Crippen molar-refractivity contribution in [3.63, 3.8) is 0 Å². The molecule has 0 heterocycles. The molecule has 0 unspecified atom stereocenters. The van der Waals surface area contributed by atoms with Gasteiger partial charge >= 0.3 is 0 Å². The van der Waals surface area contributed by atoms with Gasteiger partial charge in [-0.1, -0.05) is 23.2 Å². The average molecular weight is 361 g/mol. The van der Waals surface area contributed by atoms with E-state index in [1.807, 2.05) is 0 Å². The maximum atomic E-state index is 12.1. The van der Waals surface area contributed by atoms with Gasteiger partial charge in [0.2, 0.25) is 0 Å². The van der Waals surface area contributed by atoms with Crippen molar-refractivity contribution in [3.8, 4) is 0 Å². The van der Waals surface area contributed by atoms with Gasteiger partial charge in [-0.15, -0.1) is 0 Å². The summed E-state index contributed by atoms with van der Waals surface area (Å²) in [6.07, 6.45) is 0. The summed E-state index contributed by atoms with van der Waals surface area (Å²) in [5.41, 5.74) is 6.28. The van der Waals surface area contributed by atoms with Crippen LogP contribution in [0.1, 0.15) is 10.4 Å². The Bertz CT molecular complexity index is 836. The molecule has 0 bridgehead atoms. The molecule has 116 valence electrons. The number of nitrogens with one attached hydrogen (secondary N) is 1. The number of carbonyl (C=O) groups is 1. The van der Waals surface area contributed by atoms with Crippen molar-refractivity contribution < 1.29 is 17.8 Å². The lowest BCUT2D eigenvalue weighted by Gasteiger charge is -2.09. The lowest BCUT2D eigenvalue weighted by atomic mass is 10.2. The van der Waals surface area contributed by atoms with Crippen molar-refractivity contribution >= 4 is 50.6 Å². The van der Waals surface area contributed by atoms with Crippen LogP contribution in [0.3, 0.4) is 0 Å². The van der Waals surface area contributed by atoms with E-state index in [2.05, 4.69) is 5.32 Å². The molecule has 0 aliphatic rings. The molecule has 0 radical (unpaired) electrons. The van der Waals surface area contributed by atoms with E-state index in [0.717, 1.165) is 12.1 Å². The first-order valence-corrected chi connectivity index (χ1v) is 8.01. The molecule has 0 saturated carbocycles. The van der Waals surface area contributed by atoms with Crippen LogP contribution < -0.4 is 11.1 Å². The van der Waals surface area contributed by atoms with E-state index in [-0.39, 0.29) is 26.2 Å². The molecule has 4 N–H and O–H groups in total. The van der Waals surface area contributed by atoms with Gasteiger partial charge in [0.05, 0.1) is 26.2 Å². The Hall–Kier alpha value is -1.80. The predicted molar refractivity (Wildman–Crippen MR) is 85.1 cm³/mol. The van der Waals surface area contributed by atoms with Gasteiger partial charge < -0.3 is 11.1 Å². The summed E-state index contributed by atoms with van der Waals surface area (Å²) in [7, 11) is -4.28. The van der Waals surface area contributed by atoms with Gasteiger partial charge in [0.15, 0.2) is 0 Å². The van der Waals surface area contributed by atoms with E-state index in [1.54, 1.807) is 0 Å². The second kappa shape index (κ2) is 6.13. The molecule has 9 heteroatoms. The highest BCUT2D eigenvalue weighted by Crippen LogP contribution is 2.27. The maximum absolute atomic E-state index is 12.1. The van der Waals surface area contributed by atoms with Crippen molar-refractivity contribution in [1.82, 2.24) is 0 Å². The Morgan fingerprint density at radius 3 is 2.23 bits per heavy atom. The first kappa shape index (κ1) is 16.6. The monoisotopic (exact) mass is 360 g/mol. The van der Waals surface area contributed by atoms with E-state index >= 15 is 0 Å². The highest BCUT2D eigenvalue weighted by atomic mass is 35.5. The van der Waals surface area contributed by atoms with Crippen LogP contribution in [0.4, 0.5) is 11.4 Å². The van der Waals surface area contributed by atoms with Gasteiger partial charge in [0.25, 0.3) is 16.0 Å². The van der Waals surface area contributed by atoms with E-state index in [9.17, 15) is 13.2 Å². The second-order valence-corrected chi connectivity index (χ2v) is 6.54. The Labute approximate surface area is 136 Å². The van der Waals surface area contributed by atoms with Crippen LogP contribution in [0, 0.1) is 0 Å². The topological polar surface area (TPSA) is 109 Å². The minimum Gasteiger partial charge on any atom is -0.398 e. The van der Waals surface area contributed by atoms with Crippen LogP contribution in [-0.2, 0) is 10.1 Å². The summed E-state index contributed by atoms with van der Waals surface area (Å²) < 4.78 is 30.7. The van der Waals surface area contributed by atoms with Crippen LogP contribution in [0.5, 0.6) is 0 Å². The van der Waals surface area contributed by atoms with Gasteiger partial charge in [0, 0.05) is 5.69 Å². The number of rotatable bonds is 3. The normalized spacial score (nSPS) is 11.2. The SMILES string of the molecule is Nc1cc(C(=O)Nc2ccc(S(=O)(=O)O)cc2)c(Cl)cc1Cl. The molecule has 1 amide bonds. The van der Waals surface area contributed by atoms with Crippen molar-refractivity contribution in [2.24, 2.45) is 0 Å². The van der Waals surface area contributed by atoms with Crippen LogP contribution >= 0.6 is 23.2 Å². The van der Waals surface area contributed by atoms with Gasteiger partial charge in [-0.3, -0.25) is 9.35 Å². The van der Waals surface area contributed by atoms with E-state index in [1.165, 1.54) is 24.3 Å². The number of halogens is 2. The summed E-state index contributed by atoms with van der Waals surface area (Å²) in [4.78, 5) is 11.8. The highest BCUT2D eigenvalue weighted by Gasteiger charge is 2.14. The number of hydrogen-bond acceptors (Lipinski definition) is 4. The fourth-order valence-electron chi connectivity index (χ4n) is 1.65. The number of benzene rings is 2. The minimum absolute atomic E-state index is 0.127. The standard InChI is InChI=1S/C13H10Cl2N2O4S/c14-10-6-11(15)12(16)5-9(10)13(18)17-7-1-3-8(4-2-7)22(19,20)21/h1-6H,16H2,(H,17,18)(H,19,20,21). The zero-order valence-electron chi connectivity index (χ0n) is 10.9. The summed E-state index contributed by atoms with van der Waals surface area (Å²) in [6, 6.07) is 7.66. The average Bonchev–Trinajstić information content (AvgIpc) is 2.42. The predicted octanol–water partition coefficient (Wildman–Crippen LogP) is 3.07. The zero-order chi connectivity index (χ0) is 16.5. The van der Waals surface area contributed by atoms with Crippen LogP contribution in [0.25, 0.3) is 0 Å². The molecule has 0 fully saturated rings. The molecule has 6 nitrogen and oxygen atoms in total. The first-order valence-electron chi connectivity index (χ1n) is 5.82. The third-order valence-corrected chi connectivity index (χ3v) is 4.25. The van der Waals surface area contributed by atoms with Gasteiger partial charge in [0.1, 0.15) is 0 Å². The fraction of sp³-hybridized carbons (Fsp3) is 0. The lowest BCUT2D eigenvalue weighted by molar-refractivity contribution is 0.102. The summed E-state index contributed by atoms with van der Waals surface area (Å²) in [5.74, 6) is -0.534. The molecule has 0 aliphatic carbocycles. The van der Waals surface area contributed by atoms with Crippen molar-refractivity contribution in [3.05, 3.63) is 52.0 Å². The smallest absolute Gasteiger partial charge is 0.294 e. The molecule has 0 saturated heterocycles. The largest absolute Gasteiger partial charge is 0.398 e. The van der Waals surface area contributed by atoms with E-state index in [4.69, 9.17) is 33.5 Å². The van der Waals surface area contributed by atoms with Crippen LogP contribution in [0.2, 0.25) is 10.0 Å². The number of nitrogen functional groups attached to an aromatic ring is 1. The molecule has 22 heavy (non-hydrogen) atoms. The van der Waals surface area contributed by atoms with E-state index in [0.29, 0.717) is 5.69 Å². The number of hydrogen-bond donors (Lipinski definition) is 3. The highest BCUT2D eigenvalue weighted by molar-refractivity contribution is 7.85. The Morgan fingerprint density at radius 2 is 1.68 bits per heavy atom. The van der Waals surface area contributed by atoms with E-state index < -0.39 is 16.0 Å². The summed E-state index contributed by atoms with van der Waals surface area (Å²) in [5, 5.41) is 2.89. The molecule has 0 atom stereocenters. The Morgan fingerprint density at radius 1 is 1.09 bits per heavy atom. The number of anilines is 2. The minimum atomic E-state index is -4.28. The molecule has 0 spiro atoms. The Balaban J connectivity index is 2.24. The molecule has 0 aromatic heterocycles.